The highest BCUT2D eigenvalue weighted by atomic mass is 35.5. The second kappa shape index (κ2) is 8.53. The van der Waals surface area contributed by atoms with Gasteiger partial charge in [-0.15, -0.1) is 0 Å². The van der Waals surface area contributed by atoms with Crippen LogP contribution in [0.1, 0.15) is 29.0 Å². The van der Waals surface area contributed by atoms with Crippen molar-refractivity contribution >= 4 is 23.4 Å². The van der Waals surface area contributed by atoms with Crippen LogP contribution in [0.15, 0.2) is 71.1 Å². The number of amides is 2. The highest BCUT2D eigenvalue weighted by Gasteiger charge is 2.34. The molecule has 0 aliphatic carbocycles. The molecule has 0 radical (unpaired) electrons. The van der Waals surface area contributed by atoms with Gasteiger partial charge in [-0.2, -0.15) is 0 Å². The lowest BCUT2D eigenvalue weighted by molar-refractivity contribution is -0.125. The highest BCUT2D eigenvalue weighted by Crippen LogP contribution is 2.24. The molecule has 1 N–H and O–H groups in total. The number of halogens is 1. The predicted molar refractivity (Wildman–Crippen MR) is 112 cm³/mol. The summed E-state index contributed by atoms with van der Waals surface area (Å²) in [6, 6.07) is 19.7. The Morgan fingerprint density at radius 1 is 1.03 bits per heavy atom. The van der Waals surface area contributed by atoms with Crippen LogP contribution in [0.3, 0.4) is 0 Å². The summed E-state index contributed by atoms with van der Waals surface area (Å²) in [7, 11) is 0. The first kappa shape index (κ1) is 19.3. The summed E-state index contributed by atoms with van der Waals surface area (Å²) < 4.78 is 5.83. The van der Waals surface area contributed by atoms with E-state index in [0.717, 1.165) is 12.0 Å². The molecule has 0 unspecified atom stereocenters. The van der Waals surface area contributed by atoms with Gasteiger partial charge in [0, 0.05) is 22.7 Å². The Balaban J connectivity index is 1.38. The molecular weight excluding hydrogens is 388 g/mol. The molecule has 29 heavy (non-hydrogen) atoms. The van der Waals surface area contributed by atoms with Crippen molar-refractivity contribution in [3.63, 3.8) is 0 Å². The van der Waals surface area contributed by atoms with E-state index in [-0.39, 0.29) is 18.4 Å². The smallest absolute Gasteiger partial charge is 0.254 e. The summed E-state index contributed by atoms with van der Waals surface area (Å²) in [6.45, 7) is 0.865. The third-order valence-electron chi connectivity index (χ3n) is 5.06. The Labute approximate surface area is 174 Å². The third-order valence-corrected chi connectivity index (χ3v) is 5.32. The lowest BCUT2D eigenvalue weighted by atomic mass is 10.1. The van der Waals surface area contributed by atoms with Crippen molar-refractivity contribution in [2.75, 3.05) is 6.54 Å². The van der Waals surface area contributed by atoms with E-state index >= 15 is 0 Å². The normalized spacial score (nSPS) is 16.0. The van der Waals surface area contributed by atoms with Gasteiger partial charge >= 0.3 is 0 Å². The average Bonchev–Trinajstić information content (AvgIpc) is 3.42. The number of carbonyl (C=O) groups is 2. The summed E-state index contributed by atoms with van der Waals surface area (Å²) in [5, 5.41) is 3.57. The van der Waals surface area contributed by atoms with Crippen LogP contribution in [0.4, 0.5) is 0 Å². The molecule has 148 valence electrons. The summed E-state index contributed by atoms with van der Waals surface area (Å²) in [5.41, 5.74) is 1.52. The molecule has 0 spiro atoms. The maximum Gasteiger partial charge on any atom is 0.254 e. The lowest BCUT2D eigenvalue weighted by Crippen LogP contribution is -2.45. The van der Waals surface area contributed by atoms with Crippen molar-refractivity contribution in [2.24, 2.45) is 0 Å². The molecule has 1 saturated heterocycles. The fourth-order valence-electron chi connectivity index (χ4n) is 3.56. The summed E-state index contributed by atoms with van der Waals surface area (Å²) >= 11 is 5.92. The van der Waals surface area contributed by atoms with Crippen LogP contribution in [0.5, 0.6) is 0 Å². The predicted octanol–water partition coefficient (Wildman–Crippen LogP) is 4.52. The Morgan fingerprint density at radius 2 is 1.79 bits per heavy atom. The van der Waals surface area contributed by atoms with E-state index < -0.39 is 6.04 Å². The molecule has 2 aromatic carbocycles. The van der Waals surface area contributed by atoms with Crippen molar-refractivity contribution in [2.45, 2.75) is 25.4 Å². The second-order valence-corrected chi connectivity index (χ2v) is 7.45. The molecule has 1 atom stereocenters. The van der Waals surface area contributed by atoms with Crippen molar-refractivity contribution in [3.05, 3.63) is 83.1 Å². The van der Waals surface area contributed by atoms with E-state index in [9.17, 15) is 9.59 Å². The van der Waals surface area contributed by atoms with Gasteiger partial charge in [-0.25, -0.2) is 0 Å². The van der Waals surface area contributed by atoms with Gasteiger partial charge in [-0.3, -0.25) is 9.59 Å². The molecule has 1 aromatic heterocycles. The Hall–Kier alpha value is -3.05. The van der Waals surface area contributed by atoms with Gasteiger partial charge in [0.15, 0.2) is 0 Å². The molecule has 4 rings (SSSR count). The van der Waals surface area contributed by atoms with Crippen molar-refractivity contribution in [1.82, 2.24) is 10.2 Å². The zero-order chi connectivity index (χ0) is 20.2. The molecule has 1 aliphatic rings. The molecule has 2 heterocycles. The van der Waals surface area contributed by atoms with E-state index in [1.165, 1.54) is 0 Å². The van der Waals surface area contributed by atoms with Crippen LogP contribution >= 0.6 is 11.6 Å². The minimum absolute atomic E-state index is 0.105. The second-order valence-electron chi connectivity index (χ2n) is 7.01. The monoisotopic (exact) mass is 408 g/mol. The standard InChI is InChI=1S/C23H21ClN2O3/c24-18-10-8-16(9-11-18)21-13-12-19(29-21)15-25-22(27)20-7-4-14-26(20)23(28)17-5-2-1-3-6-17/h1-3,5-6,8-13,20H,4,7,14-15H2,(H,25,27)/t20-/m0/s1. The average molecular weight is 409 g/mol. The van der Waals surface area contributed by atoms with Crippen LogP contribution in [0, 0.1) is 0 Å². The van der Waals surface area contributed by atoms with Gasteiger partial charge in [0.05, 0.1) is 6.54 Å². The van der Waals surface area contributed by atoms with E-state index in [4.69, 9.17) is 16.0 Å². The zero-order valence-corrected chi connectivity index (χ0v) is 16.6. The largest absolute Gasteiger partial charge is 0.459 e. The zero-order valence-electron chi connectivity index (χ0n) is 15.8. The number of furan rings is 1. The minimum atomic E-state index is -0.451. The fraction of sp³-hybridized carbons (Fsp3) is 0.217. The van der Waals surface area contributed by atoms with E-state index in [1.54, 1.807) is 29.2 Å². The number of benzene rings is 2. The first-order chi connectivity index (χ1) is 14.1. The van der Waals surface area contributed by atoms with Gasteiger partial charge in [0.2, 0.25) is 5.91 Å². The van der Waals surface area contributed by atoms with E-state index in [0.29, 0.717) is 35.1 Å². The van der Waals surface area contributed by atoms with Crippen LogP contribution in [0.2, 0.25) is 5.02 Å². The fourth-order valence-corrected chi connectivity index (χ4v) is 3.69. The molecule has 6 heteroatoms. The molecule has 2 amide bonds. The van der Waals surface area contributed by atoms with Gasteiger partial charge in [-0.05, 0) is 61.4 Å². The van der Waals surface area contributed by atoms with Crippen LogP contribution in [-0.2, 0) is 11.3 Å². The van der Waals surface area contributed by atoms with Gasteiger partial charge in [0.25, 0.3) is 5.91 Å². The van der Waals surface area contributed by atoms with Crippen LogP contribution in [0.25, 0.3) is 11.3 Å². The lowest BCUT2D eigenvalue weighted by Gasteiger charge is -2.24. The topological polar surface area (TPSA) is 62.6 Å². The summed E-state index contributed by atoms with van der Waals surface area (Å²) in [6.07, 6.45) is 1.48. The van der Waals surface area contributed by atoms with Gasteiger partial charge < -0.3 is 14.6 Å². The van der Waals surface area contributed by atoms with Crippen molar-refractivity contribution in [3.8, 4) is 11.3 Å². The Bertz CT molecular complexity index is 998. The highest BCUT2D eigenvalue weighted by molar-refractivity contribution is 6.30. The van der Waals surface area contributed by atoms with Crippen LogP contribution in [-0.4, -0.2) is 29.3 Å². The van der Waals surface area contributed by atoms with Crippen molar-refractivity contribution in [1.29, 1.82) is 0 Å². The maximum atomic E-state index is 12.7. The van der Waals surface area contributed by atoms with Gasteiger partial charge in [0.1, 0.15) is 17.6 Å². The first-order valence-corrected chi connectivity index (χ1v) is 9.98. The number of carbonyl (C=O) groups excluding carboxylic acids is 2. The molecule has 0 bridgehead atoms. The SMILES string of the molecule is O=C(NCc1ccc(-c2ccc(Cl)cc2)o1)[C@@H]1CCCN1C(=O)c1ccccc1. The molecule has 1 fully saturated rings. The maximum absolute atomic E-state index is 12.7. The number of rotatable bonds is 5. The molecule has 5 nitrogen and oxygen atoms in total. The minimum Gasteiger partial charge on any atom is -0.459 e. The number of nitrogens with zero attached hydrogens (tertiary/aromatic N) is 1. The third kappa shape index (κ3) is 4.35. The number of hydrogen-bond donors (Lipinski definition) is 1. The summed E-state index contributed by atoms with van der Waals surface area (Å²) in [4.78, 5) is 27.1. The Kier molecular flexibility index (Phi) is 5.67. The summed E-state index contributed by atoms with van der Waals surface area (Å²) in [5.74, 6) is 1.11. The number of nitrogens with one attached hydrogen (secondary N) is 1. The quantitative estimate of drug-likeness (QED) is 0.675. The number of likely N-dealkylation sites (tertiary alicyclic amines) is 1. The molecular formula is C23H21ClN2O3. The van der Waals surface area contributed by atoms with Gasteiger partial charge in [-0.1, -0.05) is 29.8 Å². The number of hydrogen-bond acceptors (Lipinski definition) is 3. The van der Waals surface area contributed by atoms with E-state index in [1.807, 2.05) is 42.5 Å². The van der Waals surface area contributed by atoms with E-state index in [2.05, 4.69) is 5.32 Å². The molecule has 3 aromatic rings. The van der Waals surface area contributed by atoms with Crippen molar-refractivity contribution < 1.29 is 14.0 Å². The molecule has 1 aliphatic heterocycles. The van der Waals surface area contributed by atoms with Crippen LogP contribution < -0.4 is 5.32 Å². The first-order valence-electron chi connectivity index (χ1n) is 9.60. The Morgan fingerprint density at radius 3 is 2.55 bits per heavy atom. The molecule has 0 saturated carbocycles.